The molecule has 0 aliphatic heterocycles. The molecule has 0 spiro atoms. The second-order valence-electron chi connectivity index (χ2n) is 2.83. The zero-order valence-electron chi connectivity index (χ0n) is 7.86. The summed E-state index contributed by atoms with van der Waals surface area (Å²) in [6.07, 6.45) is 3.03. The van der Waals surface area contributed by atoms with Gasteiger partial charge in [0.25, 0.3) is 0 Å². The van der Waals surface area contributed by atoms with E-state index in [1.165, 1.54) is 12.7 Å². The number of nitrogens with one attached hydrogen (secondary N) is 2. The molecule has 0 aromatic carbocycles. The van der Waals surface area contributed by atoms with Crippen LogP contribution in [-0.2, 0) is 6.54 Å². The van der Waals surface area contributed by atoms with Gasteiger partial charge in [0.05, 0.1) is 19.2 Å². The summed E-state index contributed by atoms with van der Waals surface area (Å²) >= 11 is 0. The smallest absolute Gasteiger partial charge is 0.173 e. The van der Waals surface area contributed by atoms with E-state index in [1.54, 1.807) is 4.57 Å². The van der Waals surface area contributed by atoms with Crippen LogP contribution in [0.4, 0.5) is 0 Å². The number of nitrogens with zero attached hydrogens (tertiary/aromatic N) is 3. The fourth-order valence-corrected chi connectivity index (χ4v) is 1.24. The van der Waals surface area contributed by atoms with Crippen molar-refractivity contribution < 1.29 is 5.11 Å². The van der Waals surface area contributed by atoms with Gasteiger partial charge in [-0.2, -0.15) is 0 Å². The van der Waals surface area contributed by atoms with Crippen LogP contribution < -0.4 is 5.49 Å². The molecule has 0 saturated carbocycles. The van der Waals surface area contributed by atoms with Gasteiger partial charge in [-0.05, 0) is 0 Å². The number of aliphatic hydroxyl groups is 1. The highest BCUT2D eigenvalue weighted by molar-refractivity contribution is 5.68. The van der Waals surface area contributed by atoms with Crippen LogP contribution in [-0.4, -0.2) is 31.2 Å². The summed E-state index contributed by atoms with van der Waals surface area (Å²) in [5, 5.41) is 16.0. The molecule has 0 bridgehead atoms. The number of aliphatic hydroxyl groups excluding tert-OH is 1. The van der Waals surface area contributed by atoms with Crippen LogP contribution in [0.15, 0.2) is 12.7 Å². The number of hydrogen-bond acceptors (Lipinski definition) is 4. The van der Waals surface area contributed by atoms with E-state index in [0.717, 1.165) is 0 Å². The first kappa shape index (κ1) is 9.43. The number of hydrogen-bond donors (Lipinski definition) is 3. The monoisotopic (exact) mass is 203 g/mol. The fourth-order valence-electron chi connectivity index (χ4n) is 1.24. The maximum absolute atomic E-state index is 8.51. The molecule has 0 saturated heterocycles. The number of rotatable bonds is 1. The molecule has 2 aromatic heterocycles. The Kier molecular flexibility index (Phi) is 2.48. The third kappa shape index (κ3) is 1.73. The second-order valence-corrected chi connectivity index (χ2v) is 2.83. The minimum atomic E-state index is -0.159. The molecular weight excluding hydrogens is 194 g/mol. The molecule has 2 heterocycles. The third-order valence-corrected chi connectivity index (χ3v) is 1.91. The summed E-state index contributed by atoms with van der Waals surface area (Å²) in [5.74, 6) is 5.30. The summed E-state index contributed by atoms with van der Waals surface area (Å²) < 4.78 is 1.71. The predicted octanol–water partition coefficient (Wildman–Crippen LogP) is -0.765. The van der Waals surface area contributed by atoms with Gasteiger partial charge in [-0.1, -0.05) is 11.8 Å². The van der Waals surface area contributed by atoms with Crippen LogP contribution >= 0.6 is 0 Å². The maximum Gasteiger partial charge on any atom is 0.173 e. The Balaban J connectivity index is 2.48. The molecule has 0 amide bonds. The van der Waals surface area contributed by atoms with E-state index in [1.807, 2.05) is 0 Å². The molecule has 0 radical (unpaired) electrons. The Morgan fingerprint density at radius 2 is 2.33 bits per heavy atom. The van der Waals surface area contributed by atoms with Crippen molar-refractivity contribution in [1.29, 1.82) is 5.41 Å². The molecule has 2 aromatic rings. The number of aromatic nitrogens is 4. The largest absolute Gasteiger partial charge is 0.384 e. The molecule has 6 heteroatoms. The van der Waals surface area contributed by atoms with Crippen molar-refractivity contribution in [3.63, 3.8) is 0 Å². The Morgan fingerprint density at radius 3 is 3.13 bits per heavy atom. The Labute approximate surface area is 85.1 Å². The Morgan fingerprint density at radius 1 is 1.47 bits per heavy atom. The van der Waals surface area contributed by atoms with E-state index >= 15 is 0 Å². The molecule has 0 unspecified atom stereocenters. The molecule has 0 atom stereocenters. The van der Waals surface area contributed by atoms with Crippen LogP contribution in [0.2, 0.25) is 0 Å². The summed E-state index contributed by atoms with van der Waals surface area (Å²) in [7, 11) is 0. The van der Waals surface area contributed by atoms with Crippen molar-refractivity contribution in [1.82, 2.24) is 19.5 Å². The van der Waals surface area contributed by atoms with E-state index < -0.39 is 0 Å². The van der Waals surface area contributed by atoms with Gasteiger partial charge in [0.15, 0.2) is 11.1 Å². The van der Waals surface area contributed by atoms with Crippen molar-refractivity contribution in [3.8, 4) is 11.8 Å². The summed E-state index contributed by atoms with van der Waals surface area (Å²) in [6, 6.07) is 0. The van der Waals surface area contributed by atoms with Crippen molar-refractivity contribution >= 4 is 11.2 Å². The zero-order chi connectivity index (χ0) is 10.7. The quantitative estimate of drug-likeness (QED) is 0.532. The van der Waals surface area contributed by atoms with Gasteiger partial charge in [-0.25, -0.2) is 9.97 Å². The summed E-state index contributed by atoms with van der Waals surface area (Å²) in [6.45, 7) is 0.240. The van der Waals surface area contributed by atoms with E-state index in [4.69, 9.17) is 10.5 Å². The first-order chi connectivity index (χ1) is 7.33. The van der Waals surface area contributed by atoms with Crippen molar-refractivity contribution in [2.45, 2.75) is 6.54 Å². The van der Waals surface area contributed by atoms with Crippen molar-refractivity contribution in [2.75, 3.05) is 6.61 Å². The van der Waals surface area contributed by atoms with Gasteiger partial charge in [0.1, 0.15) is 12.1 Å². The number of imidazole rings is 1. The molecule has 15 heavy (non-hydrogen) atoms. The number of fused-ring (bicyclic) bond motifs is 1. The molecule has 0 aliphatic carbocycles. The van der Waals surface area contributed by atoms with Crippen LogP contribution in [0.3, 0.4) is 0 Å². The van der Waals surface area contributed by atoms with Crippen molar-refractivity contribution in [3.05, 3.63) is 18.1 Å². The lowest BCUT2D eigenvalue weighted by molar-refractivity contribution is 0.350. The highest BCUT2D eigenvalue weighted by Crippen LogP contribution is 2.01. The van der Waals surface area contributed by atoms with Gasteiger partial charge >= 0.3 is 0 Å². The molecule has 6 nitrogen and oxygen atoms in total. The average molecular weight is 203 g/mol. The molecule has 76 valence electrons. The standard InChI is InChI=1S/C9H9N5O/c10-8-7-9(12-5-11-7)14(6-13-8)3-1-2-4-15/h5-6,10,15H,3-4H2,(H,11,12). The minimum Gasteiger partial charge on any atom is -0.384 e. The SMILES string of the molecule is N=c1ncn(CC#CCO)c2nc[nH]c12. The lowest BCUT2D eigenvalue weighted by Crippen LogP contribution is -2.12. The topological polar surface area (TPSA) is 90.6 Å². The van der Waals surface area contributed by atoms with Gasteiger partial charge in [0.2, 0.25) is 0 Å². The number of H-pyrrole nitrogens is 1. The summed E-state index contributed by atoms with van der Waals surface area (Å²) in [5.41, 5.74) is 1.39. The molecular formula is C9H9N5O. The van der Waals surface area contributed by atoms with E-state index in [9.17, 15) is 0 Å². The van der Waals surface area contributed by atoms with Crippen LogP contribution in [0.25, 0.3) is 11.2 Å². The first-order valence-electron chi connectivity index (χ1n) is 4.32. The minimum absolute atomic E-state index is 0.159. The van der Waals surface area contributed by atoms with E-state index in [-0.39, 0.29) is 12.1 Å². The molecule has 3 N–H and O–H groups in total. The Bertz CT molecular complexity index is 586. The fraction of sp³-hybridized carbons (Fsp3) is 0.222. The summed E-state index contributed by atoms with van der Waals surface area (Å²) in [4.78, 5) is 10.8. The normalized spacial score (nSPS) is 9.93. The molecule has 2 rings (SSSR count). The van der Waals surface area contributed by atoms with E-state index in [0.29, 0.717) is 17.7 Å². The van der Waals surface area contributed by atoms with Gasteiger partial charge in [-0.3, -0.25) is 5.41 Å². The second kappa shape index (κ2) is 3.94. The van der Waals surface area contributed by atoms with Gasteiger partial charge in [0, 0.05) is 0 Å². The first-order valence-corrected chi connectivity index (χ1v) is 4.32. The maximum atomic E-state index is 8.51. The van der Waals surface area contributed by atoms with E-state index in [2.05, 4.69) is 26.8 Å². The van der Waals surface area contributed by atoms with Crippen LogP contribution in [0, 0.1) is 17.3 Å². The van der Waals surface area contributed by atoms with Crippen LogP contribution in [0.5, 0.6) is 0 Å². The molecule has 0 fully saturated rings. The lowest BCUT2D eigenvalue weighted by atomic mass is 10.5. The highest BCUT2D eigenvalue weighted by Gasteiger charge is 2.02. The Hall–Kier alpha value is -2.13. The lowest BCUT2D eigenvalue weighted by Gasteiger charge is -2.00. The van der Waals surface area contributed by atoms with Gasteiger partial charge < -0.3 is 14.7 Å². The molecule has 0 aliphatic rings. The zero-order valence-corrected chi connectivity index (χ0v) is 7.86. The average Bonchev–Trinajstić information content (AvgIpc) is 2.71. The van der Waals surface area contributed by atoms with Crippen molar-refractivity contribution in [2.24, 2.45) is 0 Å². The highest BCUT2D eigenvalue weighted by atomic mass is 16.2. The van der Waals surface area contributed by atoms with Gasteiger partial charge in [-0.15, -0.1) is 0 Å². The number of aromatic amines is 1. The third-order valence-electron chi connectivity index (χ3n) is 1.91. The van der Waals surface area contributed by atoms with Crippen LogP contribution in [0.1, 0.15) is 0 Å². The predicted molar refractivity (Wildman–Crippen MR) is 52.6 cm³/mol.